The van der Waals surface area contributed by atoms with Crippen LogP contribution in [0.2, 0.25) is 0 Å². The number of nitrogens with one attached hydrogen (secondary N) is 1. The maximum atomic E-state index is 12.2. The van der Waals surface area contributed by atoms with E-state index in [0.717, 1.165) is 23.5 Å². The summed E-state index contributed by atoms with van der Waals surface area (Å²) in [5.74, 6) is 0.476. The van der Waals surface area contributed by atoms with Crippen LogP contribution in [0.3, 0.4) is 0 Å². The van der Waals surface area contributed by atoms with Crippen molar-refractivity contribution in [3.05, 3.63) is 60.2 Å². The van der Waals surface area contributed by atoms with Gasteiger partial charge in [-0.05, 0) is 49.6 Å². The van der Waals surface area contributed by atoms with Crippen LogP contribution in [0.15, 0.2) is 54.6 Å². The summed E-state index contributed by atoms with van der Waals surface area (Å²) in [5.41, 5.74) is 2.89. The van der Waals surface area contributed by atoms with Crippen molar-refractivity contribution in [2.75, 3.05) is 28.3 Å². The van der Waals surface area contributed by atoms with Crippen LogP contribution in [0, 0.1) is 0 Å². The molecule has 5 nitrogen and oxygen atoms in total. The molecule has 1 aliphatic rings. The highest BCUT2D eigenvalue weighted by molar-refractivity contribution is 7.91. The lowest BCUT2D eigenvalue weighted by Gasteiger charge is -2.29. The van der Waals surface area contributed by atoms with Crippen molar-refractivity contribution in [2.45, 2.75) is 32.2 Å². The normalized spacial score (nSPS) is 18.2. The monoisotopic (exact) mass is 386 g/mol. The van der Waals surface area contributed by atoms with Crippen molar-refractivity contribution in [3.8, 4) is 0 Å². The van der Waals surface area contributed by atoms with Crippen LogP contribution in [0.4, 0.5) is 11.4 Å². The van der Waals surface area contributed by atoms with E-state index in [-0.39, 0.29) is 23.5 Å². The lowest BCUT2D eigenvalue weighted by molar-refractivity contribution is -0.116. The van der Waals surface area contributed by atoms with Crippen molar-refractivity contribution in [1.29, 1.82) is 0 Å². The maximum Gasteiger partial charge on any atom is 0.224 e. The number of nitrogens with zero attached hydrogens (tertiary/aromatic N) is 1. The molecule has 0 aliphatic carbocycles. The molecule has 3 rings (SSSR count). The van der Waals surface area contributed by atoms with Gasteiger partial charge in [0.2, 0.25) is 5.91 Å². The fourth-order valence-corrected chi connectivity index (χ4v) is 5.27. The highest BCUT2D eigenvalue weighted by Gasteiger charge is 2.31. The van der Waals surface area contributed by atoms with Gasteiger partial charge in [-0.2, -0.15) is 0 Å². The van der Waals surface area contributed by atoms with Gasteiger partial charge < -0.3 is 10.2 Å². The molecule has 2 aromatic carbocycles. The summed E-state index contributed by atoms with van der Waals surface area (Å²) in [6.45, 7) is 2.78. The van der Waals surface area contributed by atoms with E-state index in [1.807, 2.05) is 61.5 Å². The van der Waals surface area contributed by atoms with Gasteiger partial charge >= 0.3 is 0 Å². The summed E-state index contributed by atoms with van der Waals surface area (Å²) < 4.78 is 23.5. The third-order valence-electron chi connectivity index (χ3n) is 4.96. The molecule has 0 radical (unpaired) electrons. The minimum atomic E-state index is -2.91. The molecule has 2 aromatic rings. The average Bonchev–Trinajstić information content (AvgIpc) is 3.02. The first kappa shape index (κ1) is 19.4. The van der Waals surface area contributed by atoms with Gasteiger partial charge in [0.1, 0.15) is 0 Å². The molecular formula is C21H26N2O3S. The highest BCUT2D eigenvalue weighted by Crippen LogP contribution is 2.25. The molecule has 1 amide bonds. The van der Waals surface area contributed by atoms with E-state index >= 15 is 0 Å². The largest absolute Gasteiger partial charge is 0.368 e. The lowest BCUT2D eigenvalue weighted by atomic mass is 10.1. The fourth-order valence-electron chi connectivity index (χ4n) is 3.54. The van der Waals surface area contributed by atoms with Gasteiger partial charge in [-0.3, -0.25) is 4.79 Å². The van der Waals surface area contributed by atoms with Crippen molar-refractivity contribution >= 4 is 27.1 Å². The summed E-state index contributed by atoms with van der Waals surface area (Å²) >= 11 is 0. The zero-order valence-corrected chi connectivity index (χ0v) is 16.4. The predicted octanol–water partition coefficient (Wildman–Crippen LogP) is 3.27. The van der Waals surface area contributed by atoms with Gasteiger partial charge in [-0.25, -0.2) is 8.42 Å². The summed E-state index contributed by atoms with van der Waals surface area (Å²) in [6.07, 6.45) is 1.82. The van der Waals surface area contributed by atoms with Crippen molar-refractivity contribution < 1.29 is 13.2 Å². The standard InChI is InChI=1S/C21H26N2O3S/c1-2-23(20-14-15-27(25,26)16-20)19-11-9-18(10-12-19)22-21(24)13-8-17-6-4-3-5-7-17/h3-7,9-12,20H,2,8,13-16H2,1H3,(H,22,24). The van der Waals surface area contributed by atoms with Crippen LogP contribution in [0.25, 0.3) is 0 Å². The van der Waals surface area contributed by atoms with Gasteiger partial charge in [0.15, 0.2) is 9.84 Å². The minimum Gasteiger partial charge on any atom is -0.368 e. The average molecular weight is 387 g/mol. The van der Waals surface area contributed by atoms with Crippen molar-refractivity contribution in [2.24, 2.45) is 0 Å². The number of sulfone groups is 1. The van der Waals surface area contributed by atoms with Crippen molar-refractivity contribution in [1.82, 2.24) is 0 Å². The Morgan fingerprint density at radius 2 is 1.81 bits per heavy atom. The molecule has 1 unspecified atom stereocenters. The first-order valence-electron chi connectivity index (χ1n) is 9.38. The molecule has 144 valence electrons. The Balaban J connectivity index is 1.57. The molecule has 6 heteroatoms. The third kappa shape index (κ3) is 5.32. The van der Waals surface area contributed by atoms with E-state index in [1.165, 1.54) is 0 Å². The number of carbonyl (C=O) groups is 1. The number of rotatable bonds is 7. The second-order valence-electron chi connectivity index (χ2n) is 6.92. The molecule has 0 bridgehead atoms. The molecule has 1 heterocycles. The van der Waals surface area contributed by atoms with E-state index < -0.39 is 9.84 Å². The van der Waals surface area contributed by atoms with E-state index in [9.17, 15) is 13.2 Å². The molecule has 0 saturated carbocycles. The predicted molar refractivity (Wildman–Crippen MR) is 110 cm³/mol. The zero-order valence-electron chi connectivity index (χ0n) is 15.6. The highest BCUT2D eigenvalue weighted by atomic mass is 32.2. The van der Waals surface area contributed by atoms with Gasteiger partial charge in [0.25, 0.3) is 0 Å². The molecule has 1 atom stereocenters. The van der Waals surface area contributed by atoms with Crippen LogP contribution in [0.1, 0.15) is 25.3 Å². The lowest BCUT2D eigenvalue weighted by Crippen LogP contribution is -2.36. The molecule has 1 N–H and O–H groups in total. The number of anilines is 2. The molecule has 1 aliphatic heterocycles. The molecular weight excluding hydrogens is 360 g/mol. The number of carbonyl (C=O) groups excluding carboxylic acids is 1. The molecule has 0 aromatic heterocycles. The number of benzene rings is 2. The van der Waals surface area contributed by atoms with Crippen LogP contribution < -0.4 is 10.2 Å². The Morgan fingerprint density at radius 1 is 1.11 bits per heavy atom. The summed E-state index contributed by atoms with van der Waals surface area (Å²) in [6, 6.07) is 17.6. The summed E-state index contributed by atoms with van der Waals surface area (Å²) in [7, 11) is -2.91. The Kier molecular flexibility index (Phi) is 6.16. The van der Waals surface area contributed by atoms with Crippen LogP contribution in [-0.2, 0) is 21.1 Å². The third-order valence-corrected chi connectivity index (χ3v) is 6.71. The number of hydrogen-bond acceptors (Lipinski definition) is 4. The molecule has 1 fully saturated rings. The Hall–Kier alpha value is -2.34. The second kappa shape index (κ2) is 8.57. The fraction of sp³-hybridized carbons (Fsp3) is 0.381. The van der Waals surface area contributed by atoms with E-state index in [2.05, 4.69) is 10.2 Å². The van der Waals surface area contributed by atoms with E-state index in [0.29, 0.717) is 19.3 Å². The number of aryl methyl sites for hydroxylation is 1. The topological polar surface area (TPSA) is 66.5 Å². The van der Waals surface area contributed by atoms with E-state index in [1.54, 1.807) is 0 Å². The smallest absolute Gasteiger partial charge is 0.224 e. The molecule has 0 spiro atoms. The minimum absolute atomic E-state index is 0.0131. The zero-order chi connectivity index (χ0) is 19.3. The Morgan fingerprint density at radius 3 is 2.41 bits per heavy atom. The van der Waals surface area contributed by atoms with E-state index in [4.69, 9.17) is 0 Å². The van der Waals surface area contributed by atoms with Crippen LogP contribution in [-0.4, -0.2) is 38.4 Å². The van der Waals surface area contributed by atoms with Crippen LogP contribution in [0.5, 0.6) is 0 Å². The quantitative estimate of drug-likeness (QED) is 0.793. The summed E-state index contributed by atoms with van der Waals surface area (Å²) in [5, 5.41) is 2.93. The van der Waals surface area contributed by atoms with Crippen molar-refractivity contribution in [3.63, 3.8) is 0 Å². The first-order chi connectivity index (χ1) is 13.0. The van der Waals surface area contributed by atoms with Gasteiger partial charge in [0.05, 0.1) is 11.5 Å². The Labute approximate surface area is 161 Å². The van der Waals surface area contributed by atoms with Gasteiger partial charge in [0, 0.05) is 30.4 Å². The maximum absolute atomic E-state index is 12.2. The second-order valence-corrected chi connectivity index (χ2v) is 9.15. The molecule has 1 saturated heterocycles. The Bertz CT molecular complexity index is 864. The van der Waals surface area contributed by atoms with Gasteiger partial charge in [-0.15, -0.1) is 0 Å². The van der Waals surface area contributed by atoms with Crippen LogP contribution >= 0.6 is 0 Å². The van der Waals surface area contributed by atoms with Gasteiger partial charge in [-0.1, -0.05) is 30.3 Å². The first-order valence-corrected chi connectivity index (χ1v) is 11.2. The summed E-state index contributed by atoms with van der Waals surface area (Å²) in [4.78, 5) is 14.3. The SMILES string of the molecule is CCN(c1ccc(NC(=O)CCc2ccccc2)cc1)C1CCS(=O)(=O)C1. The molecule has 27 heavy (non-hydrogen) atoms. The number of hydrogen-bond donors (Lipinski definition) is 1. The number of amides is 1.